The van der Waals surface area contributed by atoms with E-state index >= 15 is 0 Å². The predicted molar refractivity (Wildman–Crippen MR) is 210 cm³/mol. The monoisotopic (exact) mass is 656 g/mol. The van der Waals surface area contributed by atoms with Gasteiger partial charge >= 0.3 is 0 Å². The Labute approximate surface area is 288 Å². The summed E-state index contributed by atoms with van der Waals surface area (Å²) >= 11 is 1.76. The summed E-state index contributed by atoms with van der Waals surface area (Å²) in [5.41, 5.74) is 9.95. The average molecular weight is 657 g/mol. The number of furan rings is 3. The molecule has 4 aromatic heterocycles. The summed E-state index contributed by atoms with van der Waals surface area (Å²) in [5, 5.41) is 14.8. The van der Waals surface area contributed by atoms with Crippen LogP contribution in [-0.2, 0) is 0 Å². The highest BCUT2D eigenvalue weighted by molar-refractivity contribution is 7.17. The Balaban J connectivity index is 1.18. The van der Waals surface area contributed by atoms with E-state index in [0.717, 1.165) is 76.8 Å². The molecular weight excluding hydrogens is 633 g/mol. The second-order valence-corrected chi connectivity index (χ2v) is 14.1. The van der Waals surface area contributed by atoms with Gasteiger partial charge in [0.1, 0.15) is 22.3 Å². The van der Waals surface area contributed by atoms with Gasteiger partial charge in [0.25, 0.3) is 0 Å². The van der Waals surface area contributed by atoms with Crippen molar-refractivity contribution >= 4 is 109 Å². The van der Waals surface area contributed by atoms with Crippen LogP contribution in [0.3, 0.4) is 0 Å². The van der Waals surface area contributed by atoms with Gasteiger partial charge in [-0.05, 0) is 97.7 Å². The van der Waals surface area contributed by atoms with Crippen LogP contribution in [0.2, 0.25) is 0 Å². The third kappa shape index (κ3) is 3.43. The predicted octanol–water partition coefficient (Wildman–Crippen LogP) is 14.2. The zero-order valence-corrected chi connectivity index (χ0v) is 27.3. The topological polar surface area (TPSA) is 39.4 Å². The lowest BCUT2D eigenvalue weighted by molar-refractivity contribution is 0.633. The summed E-state index contributed by atoms with van der Waals surface area (Å²) in [6.07, 6.45) is 0. The van der Waals surface area contributed by atoms with Crippen LogP contribution in [0.15, 0.2) is 158 Å². The van der Waals surface area contributed by atoms with Crippen LogP contribution in [0.5, 0.6) is 0 Å². The molecule has 50 heavy (non-hydrogen) atoms. The van der Waals surface area contributed by atoms with E-state index in [1.165, 1.54) is 42.9 Å². The fourth-order valence-corrected chi connectivity index (χ4v) is 9.25. The largest absolute Gasteiger partial charge is 0.455 e. The lowest BCUT2D eigenvalue weighted by Crippen LogP contribution is -1.91. The van der Waals surface area contributed by atoms with E-state index in [1.54, 1.807) is 11.3 Å². The normalized spacial score (nSPS) is 12.4. The van der Waals surface area contributed by atoms with E-state index < -0.39 is 0 Å². The van der Waals surface area contributed by atoms with Crippen molar-refractivity contribution in [2.45, 2.75) is 0 Å². The van der Waals surface area contributed by atoms with Crippen LogP contribution < -0.4 is 0 Å². The summed E-state index contributed by atoms with van der Waals surface area (Å²) in [6, 6.07) is 49.8. The minimum atomic E-state index is 0.788. The molecule has 4 heterocycles. The van der Waals surface area contributed by atoms with E-state index in [4.69, 9.17) is 13.3 Å². The summed E-state index contributed by atoms with van der Waals surface area (Å²) in [4.78, 5) is 0. The summed E-state index contributed by atoms with van der Waals surface area (Å²) in [7, 11) is 0. The van der Waals surface area contributed by atoms with E-state index in [0.29, 0.717) is 0 Å². The molecule has 0 aliphatic carbocycles. The molecule has 0 saturated carbocycles. The van der Waals surface area contributed by atoms with Crippen LogP contribution >= 0.6 is 11.3 Å². The fraction of sp³-hybridized carbons (Fsp3) is 0. The van der Waals surface area contributed by atoms with E-state index in [-0.39, 0.29) is 0 Å². The molecule has 0 N–H and O–H groups in total. The average Bonchev–Trinajstić information content (AvgIpc) is 3.95. The van der Waals surface area contributed by atoms with Crippen LogP contribution in [-0.4, -0.2) is 0 Å². The standard InChI is InChI=1S/C46H24O3S/c1-3-12-29-27(10-1)41(25-17-20-39-35(23-25)32-19-18-31-26-9-5-7-15-37(26)48-45(31)46(32)49-39)28-11-2-4-13-30(28)42(29)36-24-40-34(21-22-50-40)44-43(36)33-14-6-8-16-38(33)47-44/h1-24H. The lowest BCUT2D eigenvalue weighted by atomic mass is 9.84. The molecule has 12 rings (SSSR count). The van der Waals surface area contributed by atoms with Gasteiger partial charge in [-0.15, -0.1) is 11.3 Å². The van der Waals surface area contributed by atoms with Crippen LogP contribution in [0.1, 0.15) is 0 Å². The van der Waals surface area contributed by atoms with E-state index in [1.807, 2.05) is 24.3 Å². The molecule has 12 aromatic rings. The van der Waals surface area contributed by atoms with Crippen LogP contribution in [0, 0.1) is 0 Å². The molecule has 0 radical (unpaired) electrons. The minimum absolute atomic E-state index is 0.788. The highest BCUT2D eigenvalue weighted by Crippen LogP contribution is 2.50. The molecule has 0 amide bonds. The number of para-hydroxylation sites is 2. The Morgan fingerprint density at radius 1 is 0.360 bits per heavy atom. The second kappa shape index (κ2) is 9.63. The smallest absolute Gasteiger partial charge is 0.178 e. The van der Waals surface area contributed by atoms with Crippen molar-refractivity contribution in [2.24, 2.45) is 0 Å². The van der Waals surface area contributed by atoms with E-state index in [2.05, 4.69) is 121 Å². The Morgan fingerprint density at radius 2 is 0.900 bits per heavy atom. The van der Waals surface area contributed by atoms with Crippen molar-refractivity contribution in [1.29, 1.82) is 0 Å². The molecule has 232 valence electrons. The van der Waals surface area contributed by atoms with Crippen LogP contribution in [0.25, 0.3) is 120 Å². The highest BCUT2D eigenvalue weighted by atomic mass is 32.1. The van der Waals surface area contributed by atoms with Gasteiger partial charge < -0.3 is 13.3 Å². The van der Waals surface area contributed by atoms with Crippen molar-refractivity contribution < 1.29 is 13.3 Å². The van der Waals surface area contributed by atoms with Crippen molar-refractivity contribution in [3.05, 3.63) is 145 Å². The minimum Gasteiger partial charge on any atom is -0.455 e. The number of hydrogen-bond donors (Lipinski definition) is 0. The first-order valence-corrected chi connectivity index (χ1v) is 17.7. The van der Waals surface area contributed by atoms with Crippen LogP contribution in [0.4, 0.5) is 0 Å². The Morgan fingerprint density at radius 3 is 1.60 bits per heavy atom. The number of thiophene rings is 1. The van der Waals surface area contributed by atoms with Crippen molar-refractivity contribution in [1.82, 2.24) is 0 Å². The number of rotatable bonds is 2. The summed E-state index contributed by atoms with van der Waals surface area (Å²) < 4.78 is 20.7. The third-order valence-corrected chi connectivity index (χ3v) is 11.4. The van der Waals surface area contributed by atoms with Crippen molar-refractivity contribution in [3.63, 3.8) is 0 Å². The van der Waals surface area contributed by atoms with Gasteiger partial charge in [0.15, 0.2) is 11.2 Å². The third-order valence-electron chi connectivity index (χ3n) is 10.6. The van der Waals surface area contributed by atoms with Gasteiger partial charge in [0.05, 0.1) is 0 Å². The second-order valence-electron chi connectivity index (χ2n) is 13.1. The molecule has 0 fully saturated rings. The Kier molecular flexibility index (Phi) is 5.12. The fourth-order valence-electron chi connectivity index (χ4n) is 8.43. The quantitative estimate of drug-likeness (QED) is 0.174. The first-order valence-electron chi connectivity index (χ1n) is 16.8. The first kappa shape index (κ1) is 26.6. The molecule has 0 saturated heterocycles. The molecule has 0 unspecified atom stereocenters. The maximum atomic E-state index is 6.61. The molecule has 0 aliphatic heterocycles. The molecule has 0 bridgehead atoms. The maximum absolute atomic E-state index is 6.61. The van der Waals surface area contributed by atoms with Gasteiger partial charge in [0.2, 0.25) is 0 Å². The summed E-state index contributed by atoms with van der Waals surface area (Å²) in [6.45, 7) is 0. The highest BCUT2D eigenvalue weighted by Gasteiger charge is 2.23. The van der Waals surface area contributed by atoms with Gasteiger partial charge in [-0.2, -0.15) is 0 Å². The molecular formula is C46H24O3S. The summed E-state index contributed by atoms with van der Waals surface area (Å²) in [5.74, 6) is 0. The molecule has 0 aliphatic rings. The van der Waals surface area contributed by atoms with Crippen molar-refractivity contribution in [2.75, 3.05) is 0 Å². The Bertz CT molecular complexity index is 3330. The van der Waals surface area contributed by atoms with Gasteiger partial charge in [-0.1, -0.05) is 91.0 Å². The lowest BCUT2D eigenvalue weighted by Gasteiger charge is -2.18. The Hall–Kier alpha value is -6.36. The molecule has 0 spiro atoms. The number of benzene rings is 8. The number of hydrogen-bond acceptors (Lipinski definition) is 4. The molecule has 3 nitrogen and oxygen atoms in total. The zero-order valence-electron chi connectivity index (χ0n) is 26.5. The SMILES string of the molecule is c1ccc2c(c1)oc1c2ccc2c3cc(-c4c5ccccc5c(-c5cc6sccc6c6oc7ccccc7c56)c5ccccc45)ccc3oc21. The van der Waals surface area contributed by atoms with Crippen molar-refractivity contribution in [3.8, 4) is 22.3 Å². The van der Waals surface area contributed by atoms with Gasteiger partial charge in [-0.3, -0.25) is 0 Å². The number of fused-ring (bicyclic) bond motifs is 14. The van der Waals surface area contributed by atoms with Gasteiger partial charge in [-0.25, -0.2) is 0 Å². The molecule has 4 heteroatoms. The maximum Gasteiger partial charge on any atom is 0.178 e. The molecule has 0 atom stereocenters. The zero-order chi connectivity index (χ0) is 32.5. The van der Waals surface area contributed by atoms with Gasteiger partial charge in [0, 0.05) is 42.4 Å². The van der Waals surface area contributed by atoms with E-state index in [9.17, 15) is 0 Å². The first-order chi connectivity index (χ1) is 24.8. The molecule has 8 aromatic carbocycles.